The number of fused-ring (bicyclic) bond motifs is 1. The van der Waals surface area contributed by atoms with E-state index in [1.807, 2.05) is 12.1 Å². The Labute approximate surface area is 200 Å². The van der Waals surface area contributed by atoms with Crippen molar-refractivity contribution < 1.29 is 4.74 Å². The molecule has 0 spiro atoms. The van der Waals surface area contributed by atoms with Gasteiger partial charge in [-0.3, -0.25) is 0 Å². The molecule has 4 rings (SSSR count). The topological polar surface area (TPSA) is 47.0 Å². The molecule has 0 amide bonds. The van der Waals surface area contributed by atoms with E-state index in [1.165, 1.54) is 11.1 Å². The molecule has 168 valence electrons. The number of aromatic nitrogens is 2. The summed E-state index contributed by atoms with van der Waals surface area (Å²) in [4.78, 5) is 10.0. The van der Waals surface area contributed by atoms with E-state index in [4.69, 9.17) is 37.9 Å². The lowest BCUT2D eigenvalue weighted by atomic mass is 10.1. The number of aryl methyl sites for hydroxylation is 2. The van der Waals surface area contributed by atoms with Crippen LogP contribution in [0.4, 0.5) is 5.82 Å². The minimum Gasteiger partial charge on any atom is -0.373 e. The summed E-state index contributed by atoms with van der Waals surface area (Å²) in [5.74, 6) is 0.817. The summed E-state index contributed by atoms with van der Waals surface area (Å²) in [6.07, 6.45) is 2.58. The normalized spacial score (nSPS) is 17.6. The molecule has 0 saturated heterocycles. The molecule has 4 nitrogen and oxygen atoms in total. The van der Waals surface area contributed by atoms with Gasteiger partial charge in [0, 0.05) is 17.0 Å². The van der Waals surface area contributed by atoms with Crippen molar-refractivity contribution in [2.75, 3.05) is 5.32 Å². The third-order valence-corrected chi connectivity index (χ3v) is 6.37. The van der Waals surface area contributed by atoms with Gasteiger partial charge in [0.2, 0.25) is 0 Å². The predicted octanol–water partition coefficient (Wildman–Crippen LogP) is 7.08. The summed E-state index contributed by atoms with van der Waals surface area (Å²) in [6.45, 7) is 8.34. The molecule has 0 fully saturated rings. The van der Waals surface area contributed by atoms with Crippen molar-refractivity contribution in [1.29, 1.82) is 0 Å². The van der Waals surface area contributed by atoms with Crippen LogP contribution in [0, 0.1) is 0 Å². The first-order valence-corrected chi connectivity index (χ1v) is 12.0. The summed E-state index contributed by atoms with van der Waals surface area (Å²) in [5, 5.41) is 4.89. The summed E-state index contributed by atoms with van der Waals surface area (Å²) in [5.41, 5.74) is 6.08. The van der Waals surface area contributed by atoms with E-state index >= 15 is 0 Å². The van der Waals surface area contributed by atoms with Gasteiger partial charge in [-0.1, -0.05) is 61.3 Å². The summed E-state index contributed by atoms with van der Waals surface area (Å²) < 4.78 is 6.29. The Morgan fingerprint density at radius 1 is 1.03 bits per heavy atom. The molecule has 0 saturated carbocycles. The monoisotopic (exact) mass is 469 g/mol. The quantitative estimate of drug-likeness (QED) is 0.401. The lowest BCUT2D eigenvalue weighted by molar-refractivity contribution is 0.00371. The highest BCUT2D eigenvalue weighted by molar-refractivity contribution is 6.36. The third-order valence-electron chi connectivity index (χ3n) is 5.82. The van der Waals surface area contributed by atoms with Gasteiger partial charge in [0.1, 0.15) is 5.82 Å². The second kappa shape index (κ2) is 9.78. The van der Waals surface area contributed by atoms with Crippen LogP contribution in [0.5, 0.6) is 0 Å². The highest BCUT2D eigenvalue weighted by Gasteiger charge is 2.34. The average Bonchev–Trinajstić information content (AvgIpc) is 3.10. The summed E-state index contributed by atoms with van der Waals surface area (Å²) in [7, 11) is 0. The fraction of sp³-hybridized carbons (Fsp3) is 0.385. The first-order chi connectivity index (χ1) is 15.4. The summed E-state index contributed by atoms with van der Waals surface area (Å²) in [6, 6.07) is 14.1. The molecule has 1 aliphatic rings. The zero-order chi connectivity index (χ0) is 22.8. The van der Waals surface area contributed by atoms with Crippen molar-refractivity contribution in [3.05, 3.63) is 75.0 Å². The van der Waals surface area contributed by atoms with Crippen molar-refractivity contribution in [1.82, 2.24) is 9.97 Å². The van der Waals surface area contributed by atoms with Crippen LogP contribution in [-0.4, -0.2) is 22.2 Å². The highest BCUT2D eigenvalue weighted by atomic mass is 35.5. The lowest BCUT2D eigenvalue weighted by Gasteiger charge is -2.26. The van der Waals surface area contributed by atoms with E-state index in [0.29, 0.717) is 10.0 Å². The van der Waals surface area contributed by atoms with Crippen LogP contribution in [0.1, 0.15) is 56.3 Å². The number of rotatable bonds is 7. The fourth-order valence-corrected chi connectivity index (χ4v) is 4.86. The van der Waals surface area contributed by atoms with E-state index in [9.17, 15) is 0 Å². The maximum atomic E-state index is 6.51. The number of hydrogen-bond acceptors (Lipinski definition) is 4. The molecule has 2 aromatic carbocycles. The SMILES string of the molecule is CCc1nc(-c2ccc(Cl)cc2Cl)c(CC)nc1NC1c2ccccc2CC1OC(C)C. The number of benzene rings is 2. The lowest BCUT2D eigenvalue weighted by Crippen LogP contribution is -2.28. The maximum absolute atomic E-state index is 6.51. The summed E-state index contributed by atoms with van der Waals surface area (Å²) >= 11 is 12.6. The Morgan fingerprint density at radius 2 is 1.78 bits per heavy atom. The number of anilines is 1. The van der Waals surface area contributed by atoms with Crippen LogP contribution in [0.2, 0.25) is 10.0 Å². The van der Waals surface area contributed by atoms with Crippen LogP contribution >= 0.6 is 23.2 Å². The van der Waals surface area contributed by atoms with Crippen LogP contribution in [0.25, 0.3) is 11.3 Å². The first-order valence-electron chi connectivity index (χ1n) is 11.3. The zero-order valence-corrected chi connectivity index (χ0v) is 20.5. The number of ether oxygens (including phenoxy) is 1. The standard InChI is InChI=1S/C26H29Cl2N3O/c1-5-21-24(19-12-11-17(27)14-20(19)28)29-22(6-2)26(30-21)31-25-18-10-8-7-9-16(18)13-23(25)32-15(3)4/h7-12,14-15,23,25H,5-6,13H2,1-4H3,(H,30,31). The number of hydrogen-bond donors (Lipinski definition) is 1. The van der Waals surface area contributed by atoms with Crippen LogP contribution < -0.4 is 5.32 Å². The molecule has 6 heteroatoms. The molecule has 1 aromatic heterocycles. The van der Waals surface area contributed by atoms with Crippen molar-refractivity contribution in [2.24, 2.45) is 0 Å². The van der Waals surface area contributed by atoms with Gasteiger partial charge in [-0.2, -0.15) is 0 Å². The van der Waals surface area contributed by atoms with Gasteiger partial charge in [0.15, 0.2) is 0 Å². The fourth-order valence-electron chi connectivity index (χ4n) is 4.36. The minimum atomic E-state index is 0.0304. The smallest absolute Gasteiger partial charge is 0.148 e. The van der Waals surface area contributed by atoms with Gasteiger partial charge in [-0.15, -0.1) is 0 Å². The van der Waals surface area contributed by atoms with Gasteiger partial charge < -0.3 is 10.1 Å². The van der Waals surface area contributed by atoms with Crippen molar-refractivity contribution in [2.45, 2.75) is 65.2 Å². The molecule has 0 bridgehead atoms. The highest BCUT2D eigenvalue weighted by Crippen LogP contribution is 2.38. The van der Waals surface area contributed by atoms with Gasteiger partial charge in [-0.25, -0.2) is 9.97 Å². The van der Waals surface area contributed by atoms with Crippen molar-refractivity contribution in [3.63, 3.8) is 0 Å². The van der Waals surface area contributed by atoms with Gasteiger partial charge in [-0.05, 0) is 56.0 Å². The second-order valence-electron chi connectivity index (χ2n) is 8.39. The molecule has 1 aliphatic carbocycles. The largest absolute Gasteiger partial charge is 0.373 e. The predicted molar refractivity (Wildman–Crippen MR) is 133 cm³/mol. The maximum Gasteiger partial charge on any atom is 0.148 e. The third kappa shape index (κ3) is 4.63. The van der Waals surface area contributed by atoms with Gasteiger partial charge in [0.25, 0.3) is 0 Å². The minimum absolute atomic E-state index is 0.0304. The molecule has 32 heavy (non-hydrogen) atoms. The van der Waals surface area contributed by atoms with Crippen LogP contribution in [0.15, 0.2) is 42.5 Å². The molecule has 0 radical (unpaired) electrons. The van der Waals surface area contributed by atoms with Gasteiger partial charge in [0.05, 0.1) is 40.4 Å². The number of nitrogens with one attached hydrogen (secondary N) is 1. The molecule has 3 aromatic rings. The van der Waals surface area contributed by atoms with Crippen LogP contribution in [-0.2, 0) is 24.0 Å². The number of nitrogens with zero attached hydrogens (tertiary/aromatic N) is 2. The molecular formula is C26H29Cl2N3O. The molecule has 2 unspecified atom stereocenters. The molecule has 2 atom stereocenters. The Kier molecular flexibility index (Phi) is 7.04. The molecule has 1 heterocycles. The average molecular weight is 470 g/mol. The van der Waals surface area contributed by atoms with E-state index < -0.39 is 0 Å². The first kappa shape index (κ1) is 23.0. The van der Waals surface area contributed by atoms with E-state index in [1.54, 1.807) is 6.07 Å². The zero-order valence-electron chi connectivity index (χ0n) is 19.0. The van der Waals surface area contributed by atoms with E-state index in [-0.39, 0.29) is 18.2 Å². The van der Waals surface area contributed by atoms with Crippen molar-refractivity contribution >= 4 is 29.0 Å². The Bertz CT molecular complexity index is 1120. The molecule has 1 N–H and O–H groups in total. The second-order valence-corrected chi connectivity index (χ2v) is 9.24. The molecule has 0 aliphatic heterocycles. The van der Waals surface area contributed by atoms with Crippen molar-refractivity contribution in [3.8, 4) is 11.3 Å². The van der Waals surface area contributed by atoms with E-state index in [2.05, 4.69) is 57.3 Å². The number of halogens is 2. The Morgan fingerprint density at radius 3 is 2.47 bits per heavy atom. The van der Waals surface area contributed by atoms with Gasteiger partial charge >= 0.3 is 0 Å². The molecular weight excluding hydrogens is 441 g/mol. The Balaban J connectivity index is 1.75. The van der Waals surface area contributed by atoms with E-state index in [0.717, 1.165) is 47.7 Å². The Hall–Kier alpha value is -2.14. The van der Waals surface area contributed by atoms with Crippen LogP contribution in [0.3, 0.4) is 0 Å².